The van der Waals surface area contributed by atoms with Gasteiger partial charge in [-0.15, -0.1) is 11.8 Å². The molecule has 0 saturated heterocycles. The Morgan fingerprint density at radius 1 is 1.14 bits per heavy atom. The number of hydrogen-bond donors (Lipinski definition) is 1. The maximum atomic E-state index is 12.0. The lowest BCUT2D eigenvalue weighted by Gasteiger charge is -2.11. The SMILES string of the molecule is Cc1cc(/C=N\NC(=O)CCSc2ccc(Cl)cc2)c(C)n1-c1ccccc1Cl. The third kappa shape index (κ3) is 5.66. The Balaban J connectivity index is 1.56. The van der Waals surface area contributed by atoms with Crippen LogP contribution in [-0.2, 0) is 4.79 Å². The van der Waals surface area contributed by atoms with E-state index in [0.29, 0.717) is 22.2 Å². The van der Waals surface area contributed by atoms with Crippen LogP contribution in [0.25, 0.3) is 5.69 Å². The Labute approximate surface area is 184 Å². The van der Waals surface area contributed by atoms with Gasteiger partial charge in [0.05, 0.1) is 16.9 Å². The molecule has 1 aromatic heterocycles. The molecule has 4 nitrogen and oxygen atoms in total. The maximum absolute atomic E-state index is 12.0. The van der Waals surface area contributed by atoms with E-state index in [2.05, 4.69) is 15.1 Å². The van der Waals surface area contributed by atoms with Crippen LogP contribution in [-0.4, -0.2) is 22.4 Å². The second-order valence-electron chi connectivity index (χ2n) is 6.46. The van der Waals surface area contributed by atoms with Crippen molar-refractivity contribution in [3.8, 4) is 5.69 Å². The van der Waals surface area contributed by atoms with Crippen LogP contribution in [0.2, 0.25) is 10.0 Å². The third-order valence-corrected chi connectivity index (χ3v) is 5.95. The van der Waals surface area contributed by atoms with Crippen LogP contribution >= 0.6 is 35.0 Å². The minimum Gasteiger partial charge on any atom is -0.316 e. The molecule has 0 aliphatic rings. The lowest BCUT2D eigenvalue weighted by atomic mass is 10.2. The highest BCUT2D eigenvalue weighted by molar-refractivity contribution is 7.99. The molecule has 0 aliphatic carbocycles. The van der Waals surface area contributed by atoms with Crippen molar-refractivity contribution in [1.82, 2.24) is 9.99 Å². The summed E-state index contributed by atoms with van der Waals surface area (Å²) in [5.41, 5.74) is 6.50. The second-order valence-corrected chi connectivity index (χ2v) is 8.47. The first-order chi connectivity index (χ1) is 14.0. The fourth-order valence-corrected chi connectivity index (χ4v) is 4.14. The molecular weight excluding hydrogens is 425 g/mol. The molecular formula is C22H21Cl2N3OS. The Hall–Kier alpha value is -2.21. The Kier molecular flexibility index (Phi) is 7.42. The van der Waals surface area contributed by atoms with Crippen molar-refractivity contribution in [3.05, 3.63) is 81.6 Å². The second kappa shape index (κ2) is 10.0. The summed E-state index contributed by atoms with van der Waals surface area (Å²) >= 11 is 13.8. The number of nitrogens with zero attached hydrogens (tertiary/aromatic N) is 2. The molecule has 0 aliphatic heterocycles. The molecule has 3 aromatic rings. The Morgan fingerprint density at radius 3 is 2.59 bits per heavy atom. The largest absolute Gasteiger partial charge is 0.316 e. The number of aryl methyl sites for hydroxylation is 1. The van der Waals surface area contributed by atoms with E-state index < -0.39 is 0 Å². The van der Waals surface area contributed by atoms with Crippen molar-refractivity contribution in [2.24, 2.45) is 5.10 Å². The van der Waals surface area contributed by atoms with Gasteiger partial charge in [-0.25, -0.2) is 5.43 Å². The molecule has 0 saturated carbocycles. The van der Waals surface area contributed by atoms with Crippen LogP contribution in [0, 0.1) is 13.8 Å². The predicted octanol–water partition coefficient (Wildman–Crippen LogP) is 6.03. The summed E-state index contributed by atoms with van der Waals surface area (Å²) in [6.45, 7) is 4.02. The highest BCUT2D eigenvalue weighted by atomic mass is 35.5. The van der Waals surface area contributed by atoms with Crippen molar-refractivity contribution in [2.75, 3.05) is 5.75 Å². The molecule has 0 bridgehead atoms. The van der Waals surface area contributed by atoms with Crippen molar-refractivity contribution in [1.29, 1.82) is 0 Å². The molecule has 0 fully saturated rings. The van der Waals surface area contributed by atoms with E-state index in [4.69, 9.17) is 23.2 Å². The molecule has 0 unspecified atom stereocenters. The zero-order valence-electron chi connectivity index (χ0n) is 16.2. The number of benzene rings is 2. The van der Waals surface area contributed by atoms with Crippen LogP contribution in [0.3, 0.4) is 0 Å². The number of hydrogen-bond acceptors (Lipinski definition) is 3. The van der Waals surface area contributed by atoms with Crippen LogP contribution in [0.5, 0.6) is 0 Å². The summed E-state index contributed by atoms with van der Waals surface area (Å²) in [6, 6.07) is 17.3. The zero-order chi connectivity index (χ0) is 20.8. The van der Waals surface area contributed by atoms with Gasteiger partial charge in [0.15, 0.2) is 0 Å². The van der Waals surface area contributed by atoms with Gasteiger partial charge in [0.2, 0.25) is 5.91 Å². The topological polar surface area (TPSA) is 46.4 Å². The summed E-state index contributed by atoms with van der Waals surface area (Å²) in [6.07, 6.45) is 2.04. The quantitative estimate of drug-likeness (QED) is 0.274. The van der Waals surface area contributed by atoms with E-state index in [1.54, 1.807) is 18.0 Å². The maximum Gasteiger partial charge on any atom is 0.240 e. The lowest BCUT2D eigenvalue weighted by Crippen LogP contribution is -2.17. The van der Waals surface area contributed by atoms with Gasteiger partial charge < -0.3 is 4.57 Å². The number of para-hydroxylation sites is 1. The number of hydrazone groups is 1. The van der Waals surface area contributed by atoms with Gasteiger partial charge in [0, 0.05) is 39.0 Å². The van der Waals surface area contributed by atoms with Gasteiger partial charge in [0.25, 0.3) is 0 Å². The van der Waals surface area contributed by atoms with Crippen molar-refractivity contribution in [3.63, 3.8) is 0 Å². The average molecular weight is 446 g/mol. The number of rotatable bonds is 7. The molecule has 7 heteroatoms. The molecule has 29 heavy (non-hydrogen) atoms. The van der Waals surface area contributed by atoms with Gasteiger partial charge in [-0.3, -0.25) is 4.79 Å². The van der Waals surface area contributed by atoms with E-state index in [1.807, 2.05) is 68.4 Å². The molecule has 0 spiro atoms. The average Bonchev–Trinajstić information content (AvgIpc) is 2.97. The first-order valence-electron chi connectivity index (χ1n) is 9.10. The molecule has 1 amide bonds. The van der Waals surface area contributed by atoms with Crippen molar-refractivity contribution < 1.29 is 4.79 Å². The number of carbonyl (C=O) groups excluding carboxylic acids is 1. The number of carbonyl (C=O) groups is 1. The fraction of sp³-hybridized carbons (Fsp3) is 0.182. The summed E-state index contributed by atoms with van der Waals surface area (Å²) in [4.78, 5) is 13.1. The zero-order valence-corrected chi connectivity index (χ0v) is 18.5. The number of nitrogens with one attached hydrogen (secondary N) is 1. The molecule has 1 N–H and O–H groups in total. The van der Waals surface area contributed by atoms with Gasteiger partial charge in [-0.1, -0.05) is 35.3 Å². The first-order valence-corrected chi connectivity index (χ1v) is 10.8. The van der Waals surface area contributed by atoms with E-state index in [-0.39, 0.29) is 5.91 Å². The number of aromatic nitrogens is 1. The van der Waals surface area contributed by atoms with Crippen LogP contribution in [0.1, 0.15) is 23.4 Å². The summed E-state index contributed by atoms with van der Waals surface area (Å²) in [5, 5.41) is 5.50. The van der Waals surface area contributed by atoms with Crippen LogP contribution < -0.4 is 5.43 Å². The highest BCUT2D eigenvalue weighted by Gasteiger charge is 2.11. The highest BCUT2D eigenvalue weighted by Crippen LogP contribution is 2.25. The van der Waals surface area contributed by atoms with Crippen molar-refractivity contribution in [2.45, 2.75) is 25.2 Å². The van der Waals surface area contributed by atoms with E-state index in [9.17, 15) is 4.79 Å². The lowest BCUT2D eigenvalue weighted by molar-refractivity contribution is -0.120. The van der Waals surface area contributed by atoms with Gasteiger partial charge in [-0.05, 0) is 56.3 Å². The Bertz CT molecular complexity index is 1030. The van der Waals surface area contributed by atoms with Crippen LogP contribution in [0.4, 0.5) is 0 Å². The molecule has 1 heterocycles. The van der Waals surface area contributed by atoms with E-state index >= 15 is 0 Å². The normalized spacial score (nSPS) is 11.2. The molecule has 0 radical (unpaired) electrons. The summed E-state index contributed by atoms with van der Waals surface area (Å²) in [7, 11) is 0. The fourth-order valence-electron chi connectivity index (χ4n) is 2.94. The minimum atomic E-state index is -0.123. The minimum absolute atomic E-state index is 0.123. The van der Waals surface area contributed by atoms with Gasteiger partial charge in [0.1, 0.15) is 0 Å². The molecule has 150 valence electrons. The molecule has 2 aromatic carbocycles. The van der Waals surface area contributed by atoms with E-state index in [0.717, 1.165) is 27.5 Å². The molecule has 3 rings (SSSR count). The van der Waals surface area contributed by atoms with Crippen LogP contribution in [0.15, 0.2) is 64.6 Å². The predicted molar refractivity (Wildman–Crippen MR) is 123 cm³/mol. The first kappa shape index (κ1) is 21.5. The smallest absolute Gasteiger partial charge is 0.240 e. The van der Waals surface area contributed by atoms with Crippen molar-refractivity contribution >= 4 is 47.1 Å². The Morgan fingerprint density at radius 2 is 1.86 bits per heavy atom. The van der Waals surface area contributed by atoms with Gasteiger partial charge in [-0.2, -0.15) is 5.10 Å². The number of halogens is 2. The molecule has 0 atom stereocenters. The summed E-state index contributed by atoms with van der Waals surface area (Å²) in [5.74, 6) is 0.548. The third-order valence-electron chi connectivity index (χ3n) is 4.37. The standard InChI is InChI=1S/C22H21Cl2N3OS/c1-15-13-17(16(2)27(15)21-6-4-3-5-20(21)24)14-25-26-22(28)11-12-29-19-9-7-18(23)8-10-19/h3-10,13-14H,11-12H2,1-2H3,(H,26,28)/b25-14-. The number of thioether (sulfide) groups is 1. The number of amides is 1. The van der Waals surface area contributed by atoms with Gasteiger partial charge >= 0.3 is 0 Å². The monoisotopic (exact) mass is 445 g/mol. The summed E-state index contributed by atoms with van der Waals surface area (Å²) < 4.78 is 2.08. The van der Waals surface area contributed by atoms with E-state index in [1.165, 1.54) is 0 Å².